The molecule has 1 aliphatic heterocycles. The molecule has 1 amide bonds. The summed E-state index contributed by atoms with van der Waals surface area (Å²) in [5.41, 5.74) is 0.271. The molecule has 154 valence electrons. The Balaban J connectivity index is 1.52. The molecule has 0 radical (unpaired) electrons. The van der Waals surface area contributed by atoms with E-state index in [9.17, 15) is 18.0 Å². The van der Waals surface area contributed by atoms with Crippen molar-refractivity contribution in [3.05, 3.63) is 60.2 Å². The summed E-state index contributed by atoms with van der Waals surface area (Å²) in [7, 11) is -3.27. The summed E-state index contributed by atoms with van der Waals surface area (Å²) in [4.78, 5) is 26.0. The van der Waals surface area contributed by atoms with Gasteiger partial charge < -0.3 is 14.4 Å². The van der Waals surface area contributed by atoms with E-state index in [1.807, 2.05) is 18.2 Å². The van der Waals surface area contributed by atoms with E-state index in [-0.39, 0.29) is 37.6 Å². The van der Waals surface area contributed by atoms with Crippen LogP contribution in [0.2, 0.25) is 0 Å². The first kappa shape index (κ1) is 20.8. The third-order valence-electron chi connectivity index (χ3n) is 4.44. The zero-order valence-corrected chi connectivity index (χ0v) is 16.8. The molecule has 2 aromatic carbocycles. The van der Waals surface area contributed by atoms with Crippen LogP contribution in [0.5, 0.6) is 11.5 Å². The van der Waals surface area contributed by atoms with Gasteiger partial charge in [0.1, 0.15) is 11.5 Å². The van der Waals surface area contributed by atoms with E-state index in [1.165, 1.54) is 9.21 Å². The second-order valence-corrected chi connectivity index (χ2v) is 8.54. The fraction of sp³-hybridized carbons (Fsp3) is 0.300. The molecule has 0 spiro atoms. The first-order valence-corrected chi connectivity index (χ1v) is 10.9. The minimum Gasteiger partial charge on any atom is -0.457 e. The first-order chi connectivity index (χ1) is 13.8. The largest absolute Gasteiger partial charge is 0.457 e. The van der Waals surface area contributed by atoms with Gasteiger partial charge in [-0.05, 0) is 30.3 Å². The van der Waals surface area contributed by atoms with E-state index in [2.05, 4.69) is 0 Å². The predicted octanol–water partition coefficient (Wildman–Crippen LogP) is 1.74. The molecule has 0 saturated carbocycles. The second kappa shape index (κ2) is 9.06. The van der Waals surface area contributed by atoms with Crippen LogP contribution in [0.4, 0.5) is 0 Å². The lowest BCUT2D eigenvalue weighted by Crippen LogP contribution is -2.51. The summed E-state index contributed by atoms with van der Waals surface area (Å²) < 4.78 is 35.2. The lowest BCUT2D eigenvalue weighted by Gasteiger charge is -2.33. The molecule has 1 fully saturated rings. The SMILES string of the molecule is CS(=O)(=O)N1CCN(C(=O)COC(=O)c2cccc(Oc3ccccc3)c2)CC1. The van der Waals surface area contributed by atoms with Crippen molar-refractivity contribution in [1.82, 2.24) is 9.21 Å². The van der Waals surface area contributed by atoms with Crippen molar-refractivity contribution in [2.45, 2.75) is 0 Å². The molecule has 0 bridgehead atoms. The van der Waals surface area contributed by atoms with Gasteiger partial charge in [0, 0.05) is 26.2 Å². The average molecular weight is 418 g/mol. The van der Waals surface area contributed by atoms with E-state index in [4.69, 9.17) is 9.47 Å². The molecular formula is C20H22N2O6S. The number of benzene rings is 2. The summed E-state index contributed by atoms with van der Waals surface area (Å²) in [5, 5.41) is 0. The smallest absolute Gasteiger partial charge is 0.338 e. The van der Waals surface area contributed by atoms with Crippen LogP contribution in [-0.2, 0) is 19.6 Å². The van der Waals surface area contributed by atoms with Gasteiger partial charge in [0.05, 0.1) is 11.8 Å². The number of nitrogens with zero attached hydrogens (tertiary/aromatic N) is 2. The third kappa shape index (κ3) is 5.78. The number of hydrogen-bond acceptors (Lipinski definition) is 6. The fourth-order valence-corrected chi connectivity index (χ4v) is 3.71. The Kier molecular flexibility index (Phi) is 6.50. The lowest BCUT2D eigenvalue weighted by molar-refractivity contribution is -0.135. The highest BCUT2D eigenvalue weighted by Crippen LogP contribution is 2.22. The molecule has 1 aliphatic rings. The minimum absolute atomic E-state index is 0.234. The molecule has 9 heteroatoms. The summed E-state index contributed by atoms with van der Waals surface area (Å²) in [6.45, 7) is 0.601. The average Bonchev–Trinajstić information content (AvgIpc) is 2.72. The molecule has 0 atom stereocenters. The molecular weight excluding hydrogens is 396 g/mol. The number of amides is 1. The van der Waals surface area contributed by atoms with E-state index in [0.29, 0.717) is 11.5 Å². The molecule has 8 nitrogen and oxygen atoms in total. The standard InChI is InChI=1S/C20H22N2O6S/c1-29(25,26)22-12-10-21(11-13-22)19(23)15-27-20(24)16-6-5-9-18(14-16)28-17-7-3-2-4-8-17/h2-9,14H,10-13,15H2,1H3. The molecule has 3 rings (SSSR count). The summed E-state index contributed by atoms with van der Waals surface area (Å²) in [5.74, 6) is 0.130. The van der Waals surface area contributed by atoms with Crippen LogP contribution in [0, 0.1) is 0 Å². The number of carbonyl (C=O) groups excluding carboxylic acids is 2. The Morgan fingerprint density at radius 2 is 1.59 bits per heavy atom. The highest BCUT2D eigenvalue weighted by atomic mass is 32.2. The summed E-state index contributed by atoms with van der Waals surface area (Å²) in [6, 6.07) is 15.7. The number of piperazine rings is 1. The highest BCUT2D eigenvalue weighted by Gasteiger charge is 2.26. The van der Waals surface area contributed by atoms with Gasteiger partial charge in [0.25, 0.3) is 5.91 Å². The van der Waals surface area contributed by atoms with Crippen molar-refractivity contribution in [2.75, 3.05) is 39.0 Å². The Bertz CT molecular complexity index is 969. The fourth-order valence-electron chi connectivity index (χ4n) is 2.88. The summed E-state index contributed by atoms with van der Waals surface area (Å²) in [6.07, 6.45) is 1.14. The van der Waals surface area contributed by atoms with Crippen LogP contribution in [0.1, 0.15) is 10.4 Å². The molecule has 0 unspecified atom stereocenters. The quantitative estimate of drug-likeness (QED) is 0.664. The molecule has 2 aromatic rings. The maximum absolute atomic E-state index is 12.3. The predicted molar refractivity (Wildman–Crippen MR) is 106 cm³/mol. The van der Waals surface area contributed by atoms with Crippen LogP contribution in [0.25, 0.3) is 0 Å². The van der Waals surface area contributed by atoms with Crippen molar-refractivity contribution in [1.29, 1.82) is 0 Å². The van der Waals surface area contributed by atoms with E-state index < -0.39 is 22.6 Å². The van der Waals surface area contributed by atoms with Gasteiger partial charge >= 0.3 is 5.97 Å². The highest BCUT2D eigenvalue weighted by molar-refractivity contribution is 7.88. The van der Waals surface area contributed by atoms with Gasteiger partial charge in [-0.1, -0.05) is 24.3 Å². The maximum atomic E-state index is 12.3. The van der Waals surface area contributed by atoms with E-state index >= 15 is 0 Å². The van der Waals surface area contributed by atoms with Gasteiger partial charge in [0.15, 0.2) is 6.61 Å². The number of hydrogen-bond donors (Lipinski definition) is 0. The molecule has 0 aliphatic carbocycles. The van der Waals surface area contributed by atoms with Crippen molar-refractivity contribution >= 4 is 21.9 Å². The van der Waals surface area contributed by atoms with Crippen molar-refractivity contribution in [3.63, 3.8) is 0 Å². The normalized spacial score (nSPS) is 15.0. The number of rotatable bonds is 6. The van der Waals surface area contributed by atoms with Crippen LogP contribution >= 0.6 is 0 Å². The van der Waals surface area contributed by atoms with Crippen LogP contribution < -0.4 is 4.74 Å². The van der Waals surface area contributed by atoms with Crippen LogP contribution in [0.3, 0.4) is 0 Å². The Morgan fingerprint density at radius 3 is 2.24 bits per heavy atom. The van der Waals surface area contributed by atoms with Gasteiger partial charge in [0.2, 0.25) is 10.0 Å². The molecule has 29 heavy (non-hydrogen) atoms. The Morgan fingerprint density at radius 1 is 0.931 bits per heavy atom. The van der Waals surface area contributed by atoms with Crippen LogP contribution in [-0.4, -0.2) is 68.5 Å². The number of sulfonamides is 1. The zero-order chi connectivity index (χ0) is 20.9. The maximum Gasteiger partial charge on any atom is 0.338 e. The zero-order valence-electron chi connectivity index (χ0n) is 16.0. The second-order valence-electron chi connectivity index (χ2n) is 6.56. The van der Waals surface area contributed by atoms with E-state index in [0.717, 1.165) is 6.26 Å². The third-order valence-corrected chi connectivity index (χ3v) is 5.74. The number of ether oxygens (including phenoxy) is 2. The van der Waals surface area contributed by atoms with Crippen molar-refractivity contribution in [3.8, 4) is 11.5 Å². The number of esters is 1. The van der Waals surface area contributed by atoms with Crippen LogP contribution in [0.15, 0.2) is 54.6 Å². The molecule has 0 aromatic heterocycles. The van der Waals surface area contributed by atoms with Crippen molar-refractivity contribution in [2.24, 2.45) is 0 Å². The Labute approximate surface area is 169 Å². The van der Waals surface area contributed by atoms with Gasteiger partial charge in [-0.2, -0.15) is 4.31 Å². The van der Waals surface area contributed by atoms with E-state index in [1.54, 1.807) is 36.4 Å². The van der Waals surface area contributed by atoms with Gasteiger partial charge in [-0.15, -0.1) is 0 Å². The molecule has 1 saturated heterocycles. The molecule has 1 heterocycles. The molecule has 0 N–H and O–H groups in total. The van der Waals surface area contributed by atoms with Gasteiger partial charge in [-0.25, -0.2) is 13.2 Å². The summed E-state index contributed by atoms with van der Waals surface area (Å²) >= 11 is 0. The number of para-hydroxylation sites is 1. The minimum atomic E-state index is -3.27. The van der Waals surface area contributed by atoms with Gasteiger partial charge in [-0.3, -0.25) is 4.79 Å². The monoisotopic (exact) mass is 418 g/mol. The number of carbonyl (C=O) groups is 2. The lowest BCUT2D eigenvalue weighted by atomic mass is 10.2. The Hall–Kier alpha value is -2.91. The van der Waals surface area contributed by atoms with Crippen molar-refractivity contribution < 1.29 is 27.5 Å². The topological polar surface area (TPSA) is 93.2 Å². The first-order valence-electron chi connectivity index (χ1n) is 9.06.